The molecule has 0 saturated heterocycles. The van der Waals surface area contributed by atoms with Crippen LogP contribution in [0.5, 0.6) is 0 Å². The lowest BCUT2D eigenvalue weighted by molar-refractivity contribution is 0.0280. The van der Waals surface area contributed by atoms with Crippen LogP contribution >= 0.6 is 0 Å². The number of rotatable bonds is 7. The molecule has 0 saturated carbocycles. The fraction of sp³-hybridized carbons (Fsp3) is 0.154. The van der Waals surface area contributed by atoms with Gasteiger partial charge in [0.2, 0.25) is 5.78 Å². The first-order valence-electron chi connectivity index (χ1n) is 10.2. The fourth-order valence-corrected chi connectivity index (χ4v) is 3.68. The number of ketones is 1. The zero-order valence-corrected chi connectivity index (χ0v) is 17.2. The van der Waals surface area contributed by atoms with Crippen molar-refractivity contribution in [2.45, 2.75) is 26.1 Å². The topological polar surface area (TPSA) is 79.4 Å². The Balaban J connectivity index is 1.70. The van der Waals surface area contributed by atoms with Crippen LogP contribution < -0.4 is 0 Å². The highest BCUT2D eigenvalue weighted by Gasteiger charge is 2.28. The van der Waals surface area contributed by atoms with E-state index in [1.54, 1.807) is 42.6 Å². The van der Waals surface area contributed by atoms with Crippen molar-refractivity contribution in [2.75, 3.05) is 0 Å². The third-order valence-corrected chi connectivity index (χ3v) is 5.39. The number of hydrogen-bond acceptors (Lipinski definition) is 4. The lowest BCUT2D eigenvalue weighted by Gasteiger charge is -2.17. The second kappa shape index (κ2) is 8.98. The molecule has 0 aliphatic carbocycles. The summed E-state index contributed by atoms with van der Waals surface area (Å²) in [5.41, 5.74) is 4.15. The van der Waals surface area contributed by atoms with Crippen molar-refractivity contribution in [1.82, 2.24) is 4.98 Å². The van der Waals surface area contributed by atoms with Gasteiger partial charge in [0.25, 0.3) is 0 Å². The van der Waals surface area contributed by atoms with Crippen molar-refractivity contribution in [3.8, 4) is 0 Å². The predicted octanol–water partition coefficient (Wildman–Crippen LogP) is 5.00. The quantitative estimate of drug-likeness (QED) is 0.330. The Morgan fingerprint density at radius 3 is 2.39 bits per heavy atom. The number of para-hydroxylation sites is 1. The zero-order valence-electron chi connectivity index (χ0n) is 17.2. The molecule has 4 aromatic rings. The molecular weight excluding hydrogens is 390 g/mol. The number of nitrogens with one attached hydrogen (secondary N) is 1. The Morgan fingerprint density at radius 1 is 0.968 bits per heavy atom. The molecule has 1 heterocycles. The van der Waals surface area contributed by atoms with E-state index in [0.29, 0.717) is 22.3 Å². The van der Waals surface area contributed by atoms with Gasteiger partial charge in [-0.05, 0) is 29.7 Å². The number of aromatic amines is 1. The smallest absolute Gasteiger partial charge is 0.339 e. The van der Waals surface area contributed by atoms with Gasteiger partial charge >= 0.3 is 5.97 Å². The standard InChI is InChI=1S/C26H23NO4/c1-2-18-9-6-10-21-22(15-27-23(18)21)24(29)25(19-7-4-3-5-8-19)31-26(30)20-13-11-17(16-28)12-14-20/h3-15,25,27-28H,2,16H2,1H3/t25-/m0/s1. The van der Waals surface area contributed by atoms with Crippen LogP contribution in [0, 0.1) is 0 Å². The monoisotopic (exact) mass is 413 g/mol. The number of aromatic nitrogens is 1. The number of carbonyl (C=O) groups is 2. The van der Waals surface area contributed by atoms with Gasteiger partial charge in [-0.1, -0.05) is 67.6 Å². The molecule has 156 valence electrons. The summed E-state index contributed by atoms with van der Waals surface area (Å²) in [6.45, 7) is 1.95. The first kappa shape index (κ1) is 20.6. The summed E-state index contributed by atoms with van der Waals surface area (Å²) in [5, 5.41) is 10.0. The lowest BCUT2D eigenvalue weighted by atomic mass is 9.98. The van der Waals surface area contributed by atoms with Gasteiger partial charge < -0.3 is 14.8 Å². The molecule has 0 spiro atoms. The minimum absolute atomic E-state index is 0.110. The molecule has 31 heavy (non-hydrogen) atoms. The molecule has 2 N–H and O–H groups in total. The van der Waals surface area contributed by atoms with Crippen LogP contribution in [-0.4, -0.2) is 21.8 Å². The van der Waals surface area contributed by atoms with E-state index in [4.69, 9.17) is 4.74 Å². The Labute approximate surface area is 180 Å². The van der Waals surface area contributed by atoms with Crippen LogP contribution in [-0.2, 0) is 17.8 Å². The summed E-state index contributed by atoms with van der Waals surface area (Å²) in [4.78, 5) is 29.6. The molecular formula is C26H23NO4. The molecule has 0 radical (unpaired) electrons. The van der Waals surface area contributed by atoms with Crippen LogP contribution in [0.3, 0.4) is 0 Å². The van der Waals surface area contributed by atoms with E-state index in [1.165, 1.54) is 0 Å². The minimum Gasteiger partial charge on any atom is -0.445 e. The zero-order chi connectivity index (χ0) is 21.8. The summed E-state index contributed by atoms with van der Waals surface area (Å²) >= 11 is 0. The molecule has 0 bridgehead atoms. The number of Topliss-reactive ketones (excluding diaryl/α,β-unsaturated/α-hetero) is 1. The maximum absolute atomic E-state index is 13.6. The van der Waals surface area contributed by atoms with E-state index in [0.717, 1.165) is 22.9 Å². The molecule has 3 aromatic carbocycles. The maximum Gasteiger partial charge on any atom is 0.339 e. The number of aryl methyl sites for hydroxylation is 1. The predicted molar refractivity (Wildman–Crippen MR) is 119 cm³/mol. The number of esters is 1. The summed E-state index contributed by atoms with van der Waals surface area (Å²) in [5.74, 6) is -0.883. The minimum atomic E-state index is -1.07. The van der Waals surface area contributed by atoms with E-state index >= 15 is 0 Å². The molecule has 0 fully saturated rings. The Morgan fingerprint density at radius 2 is 1.71 bits per heavy atom. The molecule has 0 aliphatic rings. The lowest BCUT2D eigenvalue weighted by Crippen LogP contribution is -2.20. The van der Waals surface area contributed by atoms with Gasteiger partial charge in [-0.2, -0.15) is 0 Å². The SMILES string of the molecule is CCc1cccc2c(C(=O)[C@@H](OC(=O)c3ccc(CO)cc3)c3ccccc3)c[nH]c12. The van der Waals surface area contributed by atoms with Crippen molar-refractivity contribution in [3.05, 3.63) is 107 Å². The highest BCUT2D eigenvalue weighted by Crippen LogP contribution is 2.29. The van der Waals surface area contributed by atoms with Crippen molar-refractivity contribution in [3.63, 3.8) is 0 Å². The number of benzene rings is 3. The number of H-pyrrole nitrogens is 1. The molecule has 0 amide bonds. The van der Waals surface area contributed by atoms with Crippen LogP contribution in [0.15, 0.2) is 79.0 Å². The van der Waals surface area contributed by atoms with E-state index in [-0.39, 0.29) is 12.4 Å². The number of aliphatic hydroxyl groups excluding tert-OH is 1. The highest BCUT2D eigenvalue weighted by molar-refractivity contribution is 6.11. The molecule has 1 aromatic heterocycles. The third kappa shape index (κ3) is 4.13. The first-order chi connectivity index (χ1) is 15.1. The largest absolute Gasteiger partial charge is 0.445 e. The number of aliphatic hydroxyl groups is 1. The average Bonchev–Trinajstić information content (AvgIpc) is 3.27. The molecule has 1 atom stereocenters. The molecule has 5 nitrogen and oxygen atoms in total. The van der Waals surface area contributed by atoms with Crippen molar-refractivity contribution >= 4 is 22.7 Å². The Bertz CT molecular complexity index is 1210. The van der Waals surface area contributed by atoms with Gasteiger partial charge in [0.1, 0.15) is 0 Å². The van der Waals surface area contributed by atoms with Gasteiger partial charge in [0.05, 0.1) is 12.2 Å². The van der Waals surface area contributed by atoms with E-state index in [9.17, 15) is 14.7 Å². The van der Waals surface area contributed by atoms with E-state index < -0.39 is 12.1 Å². The van der Waals surface area contributed by atoms with Gasteiger partial charge in [-0.3, -0.25) is 4.79 Å². The summed E-state index contributed by atoms with van der Waals surface area (Å²) in [7, 11) is 0. The maximum atomic E-state index is 13.6. The van der Waals surface area contributed by atoms with Crippen LogP contribution in [0.2, 0.25) is 0 Å². The number of hydrogen-bond donors (Lipinski definition) is 2. The van der Waals surface area contributed by atoms with Crippen LogP contribution in [0.25, 0.3) is 10.9 Å². The first-order valence-corrected chi connectivity index (χ1v) is 10.2. The van der Waals surface area contributed by atoms with Gasteiger partial charge in [-0.25, -0.2) is 4.79 Å². The molecule has 0 unspecified atom stereocenters. The Hall–Kier alpha value is -3.70. The van der Waals surface area contributed by atoms with Crippen molar-refractivity contribution in [2.24, 2.45) is 0 Å². The van der Waals surface area contributed by atoms with E-state index in [1.807, 2.05) is 36.4 Å². The summed E-state index contributed by atoms with van der Waals surface area (Å²) < 4.78 is 5.72. The summed E-state index contributed by atoms with van der Waals surface area (Å²) in [6.07, 6.45) is 1.45. The second-order valence-electron chi connectivity index (χ2n) is 7.31. The fourth-order valence-electron chi connectivity index (χ4n) is 3.68. The van der Waals surface area contributed by atoms with Gasteiger partial charge in [0.15, 0.2) is 6.10 Å². The van der Waals surface area contributed by atoms with Crippen molar-refractivity contribution < 1.29 is 19.4 Å². The number of carbonyl (C=O) groups excluding carboxylic acids is 2. The van der Waals surface area contributed by atoms with E-state index in [2.05, 4.69) is 11.9 Å². The molecule has 4 rings (SSSR count). The third-order valence-electron chi connectivity index (χ3n) is 5.39. The number of ether oxygens (including phenoxy) is 1. The normalized spacial score (nSPS) is 11.9. The van der Waals surface area contributed by atoms with Crippen LogP contribution in [0.4, 0.5) is 0 Å². The van der Waals surface area contributed by atoms with Crippen LogP contribution in [0.1, 0.15) is 50.4 Å². The Kier molecular flexibility index (Phi) is 5.96. The second-order valence-corrected chi connectivity index (χ2v) is 7.31. The average molecular weight is 413 g/mol. The number of fused-ring (bicyclic) bond motifs is 1. The van der Waals surface area contributed by atoms with Crippen molar-refractivity contribution in [1.29, 1.82) is 0 Å². The molecule has 0 aliphatic heterocycles. The summed E-state index contributed by atoms with van der Waals surface area (Å²) in [6, 6.07) is 21.3. The molecule has 5 heteroatoms. The highest BCUT2D eigenvalue weighted by atomic mass is 16.5. The van der Waals surface area contributed by atoms with Gasteiger partial charge in [-0.15, -0.1) is 0 Å². The van der Waals surface area contributed by atoms with Gasteiger partial charge in [0, 0.05) is 28.2 Å².